The van der Waals surface area contributed by atoms with Crippen molar-refractivity contribution in [3.63, 3.8) is 0 Å². The van der Waals surface area contributed by atoms with E-state index in [-0.39, 0.29) is 57.6 Å². The predicted molar refractivity (Wildman–Crippen MR) is 230 cm³/mol. The minimum Gasteiger partial charge on any atom is -0.481 e. The molecule has 1 heterocycles. The molecule has 6 fully saturated rings. The van der Waals surface area contributed by atoms with E-state index in [0.717, 1.165) is 64.2 Å². The number of hydrogen-bond acceptors (Lipinski definition) is 7. The largest absolute Gasteiger partial charge is 0.481 e. The molecular formula is C49H69N3O8. The summed E-state index contributed by atoms with van der Waals surface area (Å²) < 4.78 is 6.19. The number of amides is 2. The molecule has 60 heavy (non-hydrogen) atoms. The molecule has 0 unspecified atom stereocenters. The normalized spacial score (nSPS) is 37.3. The molecule has 1 aromatic carbocycles. The van der Waals surface area contributed by atoms with Gasteiger partial charge in [-0.05, 0) is 155 Å². The Morgan fingerprint density at radius 1 is 0.867 bits per heavy atom. The summed E-state index contributed by atoms with van der Waals surface area (Å²) in [6.45, 7) is 24.0. The highest BCUT2D eigenvalue weighted by molar-refractivity contribution is 5.92. The Morgan fingerprint density at radius 3 is 2.13 bits per heavy atom. The molecule has 1 N–H and O–H groups in total. The van der Waals surface area contributed by atoms with Crippen molar-refractivity contribution in [3.8, 4) is 0 Å². The second-order valence-electron chi connectivity index (χ2n) is 21.8. The number of carbonyl (C=O) groups excluding carboxylic acids is 3. The van der Waals surface area contributed by atoms with Gasteiger partial charge in [-0.3, -0.25) is 29.3 Å². The fourth-order valence-corrected chi connectivity index (χ4v) is 14.8. The Bertz CT molecular complexity index is 1950. The number of fused-ring (bicyclic) bond motifs is 7. The van der Waals surface area contributed by atoms with E-state index in [1.807, 2.05) is 0 Å². The smallest absolute Gasteiger partial charge is 0.309 e. The Balaban J connectivity index is 1.06. The van der Waals surface area contributed by atoms with Crippen molar-refractivity contribution in [1.29, 1.82) is 0 Å². The molecule has 1 aliphatic heterocycles. The molecule has 1 saturated heterocycles. The number of nitrogens with zero attached hydrogens (tertiary/aromatic N) is 3. The molecule has 11 nitrogen and oxygen atoms in total. The zero-order chi connectivity index (χ0) is 43.8. The summed E-state index contributed by atoms with van der Waals surface area (Å²) in [5, 5.41) is 20.7. The molecule has 0 bridgehead atoms. The summed E-state index contributed by atoms with van der Waals surface area (Å²) in [6, 6.07) is 6.11. The van der Waals surface area contributed by atoms with E-state index in [2.05, 4.69) is 53.0 Å². The van der Waals surface area contributed by atoms with E-state index in [0.29, 0.717) is 55.4 Å². The first kappa shape index (κ1) is 44.0. The molecule has 1 aromatic rings. The van der Waals surface area contributed by atoms with Crippen LogP contribution < -0.4 is 0 Å². The minimum absolute atomic E-state index is 0.00592. The number of ether oxygens (including phenoxy) is 1. The molecular weight excluding hydrogens is 759 g/mol. The molecule has 11 heteroatoms. The minimum atomic E-state index is -1.18. The van der Waals surface area contributed by atoms with Gasteiger partial charge in [0.25, 0.3) is 5.69 Å². The SMILES string of the molecule is C=C(C)[C@@H]1CC[C@]2(C(=O)N3CCN(C(=O)/C=C/c4ccc([N+](=O)[O-])cc4)CC3)CC[C@]3(C)[C@H](CC[C@@H]4[C@@]5(C)CC[C@H](OC(=O)CC(C)(C)C(=O)O)C(C)(C)[C@@H]5CC[C@]43C)[C@@H]12. The maximum Gasteiger partial charge on any atom is 0.309 e. The first-order valence-corrected chi connectivity index (χ1v) is 22.6. The van der Waals surface area contributed by atoms with Crippen molar-refractivity contribution in [2.75, 3.05) is 26.2 Å². The first-order chi connectivity index (χ1) is 28.0. The van der Waals surface area contributed by atoms with Crippen LogP contribution in [0, 0.1) is 72.2 Å². The molecule has 328 valence electrons. The van der Waals surface area contributed by atoms with Crippen LogP contribution in [0.2, 0.25) is 0 Å². The van der Waals surface area contributed by atoms with Gasteiger partial charge < -0.3 is 19.6 Å². The van der Waals surface area contributed by atoms with Gasteiger partial charge in [0.15, 0.2) is 0 Å². The number of non-ortho nitro benzene ring substituents is 1. The highest BCUT2D eigenvalue weighted by Crippen LogP contribution is 2.77. The fraction of sp³-hybridized carbons (Fsp3) is 0.714. The summed E-state index contributed by atoms with van der Waals surface area (Å²) in [5.41, 5.74) is 0.247. The van der Waals surface area contributed by atoms with E-state index in [1.54, 1.807) is 37.0 Å². The van der Waals surface area contributed by atoms with Crippen molar-refractivity contribution >= 4 is 35.5 Å². The number of esters is 1. The number of allylic oxidation sites excluding steroid dienone is 1. The van der Waals surface area contributed by atoms with Gasteiger partial charge in [0, 0.05) is 49.8 Å². The van der Waals surface area contributed by atoms with Crippen LogP contribution in [0.25, 0.3) is 6.08 Å². The van der Waals surface area contributed by atoms with Gasteiger partial charge >= 0.3 is 11.9 Å². The maximum absolute atomic E-state index is 15.1. The highest BCUT2D eigenvalue weighted by atomic mass is 16.6. The predicted octanol–water partition coefficient (Wildman–Crippen LogP) is 9.35. The second kappa shape index (κ2) is 15.4. The van der Waals surface area contributed by atoms with Crippen LogP contribution in [0.1, 0.15) is 132 Å². The lowest BCUT2D eigenvalue weighted by molar-refractivity contribution is -0.384. The zero-order valence-corrected chi connectivity index (χ0v) is 37.4. The molecule has 0 aromatic heterocycles. The number of carboxylic acid groups (broad SMARTS) is 1. The standard InChI is InChI=1S/C49H69N3O8/c1-31(2)34-18-23-49(42(55)51-28-26-50(27-29-51)39(53)17-12-32-10-13-33(14-11-32)52(58)59)25-24-47(8)35(41(34)49)15-16-37-46(7)21-20-38(60-40(54)30-44(3,4)43(56)57)45(5,6)36(46)19-22-48(37,47)9/h10-14,17,34-38,41H,1,15-16,18-30H2,2-9H3,(H,56,57)/b17-12+/t34-,35+,36-,37+,38-,41+,46-,47+,48+,49-/m0/s1. The molecule has 5 aliphatic carbocycles. The van der Waals surface area contributed by atoms with Crippen LogP contribution in [0.4, 0.5) is 5.69 Å². The van der Waals surface area contributed by atoms with E-state index >= 15 is 4.79 Å². The van der Waals surface area contributed by atoms with E-state index in [4.69, 9.17) is 4.74 Å². The number of hydrogen-bond donors (Lipinski definition) is 1. The molecule has 6 aliphatic rings. The molecule has 2 amide bonds. The summed E-state index contributed by atoms with van der Waals surface area (Å²) in [7, 11) is 0. The lowest BCUT2D eigenvalue weighted by Gasteiger charge is -2.73. The quantitative estimate of drug-likeness (QED) is 0.0852. The van der Waals surface area contributed by atoms with Crippen LogP contribution in [0.5, 0.6) is 0 Å². The van der Waals surface area contributed by atoms with Gasteiger partial charge in [-0.1, -0.05) is 46.8 Å². The Kier molecular flexibility index (Phi) is 11.3. The van der Waals surface area contributed by atoms with Gasteiger partial charge in [0.05, 0.1) is 22.2 Å². The van der Waals surface area contributed by atoms with Crippen molar-refractivity contribution in [3.05, 3.63) is 58.2 Å². The number of piperazine rings is 1. The summed E-state index contributed by atoms with van der Waals surface area (Å²) in [6.07, 6.45) is 12.7. The topological polar surface area (TPSA) is 147 Å². The van der Waals surface area contributed by atoms with Crippen molar-refractivity contribution < 1.29 is 33.9 Å². The third-order valence-electron chi connectivity index (χ3n) is 18.3. The average Bonchev–Trinajstić information content (AvgIpc) is 3.59. The Hall–Kier alpha value is -4.02. The fourth-order valence-electron chi connectivity index (χ4n) is 14.8. The van der Waals surface area contributed by atoms with Gasteiger partial charge in [-0.2, -0.15) is 0 Å². The van der Waals surface area contributed by atoms with Crippen LogP contribution in [-0.2, 0) is 23.9 Å². The molecule has 0 spiro atoms. The lowest BCUT2D eigenvalue weighted by atomic mass is 9.32. The lowest BCUT2D eigenvalue weighted by Crippen LogP contribution is -2.68. The third-order valence-corrected chi connectivity index (χ3v) is 18.3. The number of benzene rings is 1. The van der Waals surface area contributed by atoms with Gasteiger partial charge in [-0.15, -0.1) is 0 Å². The van der Waals surface area contributed by atoms with E-state index in [9.17, 15) is 29.6 Å². The van der Waals surface area contributed by atoms with E-state index in [1.165, 1.54) is 23.8 Å². The van der Waals surface area contributed by atoms with Crippen molar-refractivity contribution in [1.82, 2.24) is 9.80 Å². The number of carbonyl (C=O) groups is 4. The summed E-state index contributed by atoms with van der Waals surface area (Å²) >= 11 is 0. The van der Waals surface area contributed by atoms with Gasteiger partial charge in [0.2, 0.25) is 11.8 Å². The second-order valence-corrected chi connectivity index (χ2v) is 21.8. The van der Waals surface area contributed by atoms with Gasteiger partial charge in [-0.25, -0.2) is 0 Å². The molecule has 5 saturated carbocycles. The van der Waals surface area contributed by atoms with Crippen molar-refractivity contribution in [2.24, 2.45) is 62.1 Å². The van der Waals surface area contributed by atoms with Crippen LogP contribution in [0.15, 0.2) is 42.5 Å². The number of nitro benzene ring substituents is 1. The van der Waals surface area contributed by atoms with Crippen LogP contribution in [-0.4, -0.2) is 75.9 Å². The first-order valence-electron chi connectivity index (χ1n) is 22.6. The van der Waals surface area contributed by atoms with Crippen LogP contribution >= 0.6 is 0 Å². The highest BCUT2D eigenvalue weighted by Gasteiger charge is 2.72. The van der Waals surface area contributed by atoms with Crippen molar-refractivity contribution in [2.45, 2.75) is 132 Å². The molecule has 0 radical (unpaired) electrons. The maximum atomic E-state index is 15.1. The van der Waals surface area contributed by atoms with Crippen LogP contribution in [0.3, 0.4) is 0 Å². The zero-order valence-electron chi connectivity index (χ0n) is 37.4. The van der Waals surface area contributed by atoms with Gasteiger partial charge in [0.1, 0.15) is 6.10 Å². The number of nitro groups is 1. The third kappa shape index (κ3) is 7.01. The molecule has 10 atom stereocenters. The Labute approximate surface area is 356 Å². The average molecular weight is 828 g/mol. The van der Waals surface area contributed by atoms with E-state index < -0.39 is 27.7 Å². The monoisotopic (exact) mass is 828 g/mol. The number of aliphatic carboxylic acids is 1. The number of carboxylic acids is 1. The summed E-state index contributed by atoms with van der Waals surface area (Å²) in [5.74, 6) is 0.521. The molecule has 7 rings (SSSR count). The number of rotatable bonds is 9. The Morgan fingerprint density at radius 2 is 1.52 bits per heavy atom. The summed E-state index contributed by atoms with van der Waals surface area (Å²) in [4.78, 5) is 67.7.